The molecule has 0 aromatic heterocycles. The van der Waals surface area contributed by atoms with Gasteiger partial charge in [-0.15, -0.1) is 0 Å². The maximum Gasteiger partial charge on any atom is 0.472 e. The van der Waals surface area contributed by atoms with E-state index in [4.69, 9.17) is 37.0 Å². The Labute approximate surface area is 346 Å². The molecule has 2 unspecified atom stereocenters. The Morgan fingerprint density at radius 2 is 0.741 bits per heavy atom. The van der Waals surface area contributed by atoms with Crippen molar-refractivity contribution in [3.8, 4) is 0 Å². The van der Waals surface area contributed by atoms with Gasteiger partial charge in [-0.05, 0) is 19.3 Å². The third kappa shape index (κ3) is 34.9. The van der Waals surface area contributed by atoms with Crippen molar-refractivity contribution in [2.24, 2.45) is 0 Å². The minimum absolute atomic E-state index is 0.0504. The molecular formula is C39H74O17P2. The molecule has 0 saturated carbocycles. The van der Waals surface area contributed by atoms with Gasteiger partial charge in [-0.3, -0.25) is 37.3 Å². The lowest BCUT2D eigenvalue weighted by molar-refractivity contribution is -0.161. The van der Waals surface area contributed by atoms with Crippen molar-refractivity contribution in [1.29, 1.82) is 0 Å². The predicted molar refractivity (Wildman–Crippen MR) is 215 cm³/mol. The lowest BCUT2D eigenvalue weighted by atomic mass is 10.1. The first-order valence-electron chi connectivity index (χ1n) is 21.3. The third-order valence-corrected chi connectivity index (χ3v) is 10.6. The van der Waals surface area contributed by atoms with Crippen LogP contribution in [0.4, 0.5) is 0 Å². The molecule has 0 saturated heterocycles. The molecule has 0 spiro atoms. The molecule has 0 aromatic rings. The third-order valence-electron chi connectivity index (χ3n) is 8.66. The Bertz CT molecular complexity index is 1190. The Balaban J connectivity index is 5.01. The number of carbonyl (C=O) groups excluding carboxylic acids is 4. The molecule has 0 aliphatic carbocycles. The number of phosphoric acid groups is 2. The second-order valence-electron chi connectivity index (χ2n) is 14.3. The molecule has 17 nitrogen and oxygen atoms in total. The van der Waals surface area contributed by atoms with Gasteiger partial charge < -0.3 is 33.8 Å². The van der Waals surface area contributed by atoms with Gasteiger partial charge in [0.2, 0.25) is 0 Å². The molecule has 0 amide bonds. The van der Waals surface area contributed by atoms with Crippen molar-refractivity contribution >= 4 is 39.5 Å². The average molecular weight is 877 g/mol. The number of aliphatic hydroxyl groups excluding tert-OH is 1. The first-order chi connectivity index (χ1) is 27.7. The van der Waals surface area contributed by atoms with Crippen LogP contribution >= 0.6 is 15.6 Å². The van der Waals surface area contributed by atoms with Gasteiger partial charge >= 0.3 is 39.5 Å². The number of hydrogen-bond acceptors (Lipinski definition) is 15. The van der Waals surface area contributed by atoms with E-state index in [1.54, 1.807) is 6.92 Å². The van der Waals surface area contributed by atoms with Gasteiger partial charge in [-0.1, -0.05) is 124 Å². The highest BCUT2D eigenvalue weighted by Gasteiger charge is 2.30. The van der Waals surface area contributed by atoms with Crippen LogP contribution in [0.3, 0.4) is 0 Å². The van der Waals surface area contributed by atoms with E-state index in [2.05, 4.69) is 20.8 Å². The smallest absolute Gasteiger partial charge is 0.462 e. The van der Waals surface area contributed by atoms with Gasteiger partial charge in [0, 0.05) is 25.7 Å². The fourth-order valence-corrected chi connectivity index (χ4v) is 6.83. The highest BCUT2D eigenvalue weighted by molar-refractivity contribution is 7.47. The van der Waals surface area contributed by atoms with Gasteiger partial charge in [0.15, 0.2) is 12.2 Å². The maximum atomic E-state index is 12.6. The molecular weight excluding hydrogens is 802 g/mol. The summed E-state index contributed by atoms with van der Waals surface area (Å²) < 4.78 is 65.6. The molecule has 0 aliphatic heterocycles. The zero-order chi connectivity index (χ0) is 43.5. The maximum absolute atomic E-state index is 12.6. The van der Waals surface area contributed by atoms with E-state index in [0.29, 0.717) is 19.3 Å². The van der Waals surface area contributed by atoms with Crippen LogP contribution in [0.2, 0.25) is 0 Å². The fourth-order valence-electron chi connectivity index (χ4n) is 5.25. The fraction of sp³-hybridized carbons (Fsp3) is 0.897. The summed E-state index contributed by atoms with van der Waals surface area (Å²) in [5.41, 5.74) is 0. The minimum atomic E-state index is -4.90. The largest absolute Gasteiger partial charge is 0.472 e. The predicted octanol–water partition coefficient (Wildman–Crippen LogP) is 8.19. The zero-order valence-corrected chi connectivity index (χ0v) is 37.3. The van der Waals surface area contributed by atoms with E-state index in [1.807, 2.05) is 0 Å². The standard InChI is InChI=1S/C39H74O17P2/c1-5-9-12-15-18-21-24-37(42)50-30-35(56-39(44)26-23-20-17-14-11-7-3)32-54-58(47,48)52-28-33(40)27-51-57(45,46)53-31-34(29-49-36(41)8-4)55-38(43)25-22-19-16-13-10-6-2/h33-35,40H,5-32H2,1-4H3,(H,45,46)(H,47,48)/t33-,34+,35+/m0/s1. The monoisotopic (exact) mass is 876 g/mol. The number of aliphatic hydroxyl groups is 1. The molecule has 0 rings (SSSR count). The van der Waals surface area contributed by atoms with E-state index < -0.39 is 97.5 Å². The molecule has 58 heavy (non-hydrogen) atoms. The second kappa shape index (κ2) is 35.8. The molecule has 0 radical (unpaired) electrons. The highest BCUT2D eigenvalue weighted by atomic mass is 31.2. The quantitative estimate of drug-likeness (QED) is 0.0228. The van der Waals surface area contributed by atoms with E-state index in [0.717, 1.165) is 96.3 Å². The van der Waals surface area contributed by atoms with Crippen LogP contribution in [0.15, 0.2) is 0 Å². The van der Waals surface area contributed by atoms with Gasteiger partial charge in [-0.25, -0.2) is 9.13 Å². The summed E-state index contributed by atoms with van der Waals surface area (Å²) in [7, 11) is -9.78. The number of hydrogen-bond donors (Lipinski definition) is 3. The van der Waals surface area contributed by atoms with E-state index in [9.17, 15) is 43.2 Å². The van der Waals surface area contributed by atoms with Crippen molar-refractivity contribution in [2.75, 3.05) is 39.6 Å². The van der Waals surface area contributed by atoms with Crippen LogP contribution in [0.1, 0.15) is 169 Å². The average Bonchev–Trinajstić information content (AvgIpc) is 3.19. The van der Waals surface area contributed by atoms with Crippen molar-refractivity contribution in [1.82, 2.24) is 0 Å². The van der Waals surface area contributed by atoms with E-state index in [-0.39, 0.29) is 25.7 Å². The van der Waals surface area contributed by atoms with Crippen molar-refractivity contribution in [3.05, 3.63) is 0 Å². The Kier molecular flexibility index (Phi) is 34.6. The molecule has 0 fully saturated rings. The topological polar surface area (TPSA) is 237 Å². The van der Waals surface area contributed by atoms with Crippen molar-refractivity contribution in [3.63, 3.8) is 0 Å². The normalized spacial score (nSPS) is 15.1. The minimum Gasteiger partial charge on any atom is -0.462 e. The molecule has 5 atom stereocenters. The van der Waals surface area contributed by atoms with Crippen molar-refractivity contribution in [2.45, 2.75) is 187 Å². The lowest BCUT2D eigenvalue weighted by Crippen LogP contribution is -2.30. The first-order valence-corrected chi connectivity index (χ1v) is 24.3. The zero-order valence-electron chi connectivity index (χ0n) is 35.5. The van der Waals surface area contributed by atoms with Crippen LogP contribution in [-0.2, 0) is 65.4 Å². The molecule has 0 aliphatic rings. The van der Waals surface area contributed by atoms with E-state index in [1.165, 1.54) is 0 Å². The van der Waals surface area contributed by atoms with Crippen LogP contribution < -0.4 is 0 Å². The van der Waals surface area contributed by atoms with Crippen LogP contribution in [-0.4, -0.2) is 96.7 Å². The summed E-state index contributed by atoms with van der Waals surface area (Å²) in [6.45, 7) is 3.89. The SMILES string of the molecule is CCCCCCCCC(=O)OC[C@H](COP(=O)(O)OC[C@@H](O)COP(=O)(O)OC[C@@H](COC(=O)CC)OC(=O)CCCCCCCC)OC(=O)CCCCCCCC. The summed E-state index contributed by atoms with van der Waals surface area (Å²) >= 11 is 0. The van der Waals surface area contributed by atoms with Gasteiger partial charge in [-0.2, -0.15) is 0 Å². The number of carbonyl (C=O) groups is 4. The highest BCUT2D eigenvalue weighted by Crippen LogP contribution is 2.45. The van der Waals surface area contributed by atoms with Crippen LogP contribution in [0, 0.1) is 0 Å². The lowest BCUT2D eigenvalue weighted by Gasteiger charge is -2.21. The van der Waals surface area contributed by atoms with E-state index >= 15 is 0 Å². The van der Waals surface area contributed by atoms with Crippen molar-refractivity contribution < 1.29 is 80.2 Å². The Morgan fingerprint density at radius 1 is 0.431 bits per heavy atom. The number of ether oxygens (including phenoxy) is 4. The first kappa shape index (κ1) is 56.1. The summed E-state index contributed by atoms with van der Waals surface area (Å²) in [4.78, 5) is 69.3. The second-order valence-corrected chi connectivity index (χ2v) is 17.2. The van der Waals surface area contributed by atoms with Crippen LogP contribution in [0.5, 0.6) is 0 Å². The summed E-state index contributed by atoms with van der Waals surface area (Å²) in [5, 5.41) is 10.2. The summed E-state index contributed by atoms with van der Waals surface area (Å²) in [6, 6.07) is 0. The van der Waals surface area contributed by atoms with Gasteiger partial charge in [0.1, 0.15) is 19.3 Å². The van der Waals surface area contributed by atoms with Gasteiger partial charge in [0.05, 0.1) is 26.4 Å². The Morgan fingerprint density at radius 3 is 1.10 bits per heavy atom. The number of unbranched alkanes of at least 4 members (excludes halogenated alkanes) is 15. The van der Waals surface area contributed by atoms with Crippen LogP contribution in [0.25, 0.3) is 0 Å². The molecule has 0 heterocycles. The number of rotatable bonds is 40. The molecule has 19 heteroatoms. The number of esters is 4. The summed E-state index contributed by atoms with van der Waals surface area (Å²) in [6.07, 6.45) is 13.4. The molecule has 0 bridgehead atoms. The number of phosphoric ester groups is 2. The Hall–Kier alpha value is -1.94. The molecule has 0 aromatic carbocycles. The summed E-state index contributed by atoms with van der Waals surface area (Å²) in [5.74, 6) is -2.29. The van der Waals surface area contributed by atoms with Gasteiger partial charge in [0.25, 0.3) is 0 Å². The molecule has 342 valence electrons. The molecule has 3 N–H and O–H groups in total.